The Morgan fingerprint density at radius 1 is 1.19 bits per heavy atom. The standard InChI is InChI=1S/C21H26N4O2/c1-23-12-2-4-18(23)20(27)24-13-3-8-21(15-24)9-5-19(26)25(16-21)14-17-6-10-22-11-7-17/h2,4,6-7,10-12H,3,5,8-9,13-16H2,1H3/t21-/m0/s1. The monoisotopic (exact) mass is 366 g/mol. The van der Waals surface area contributed by atoms with Crippen LogP contribution in [0.25, 0.3) is 0 Å². The number of aromatic nitrogens is 2. The van der Waals surface area contributed by atoms with Crippen LogP contribution in [0.1, 0.15) is 41.7 Å². The Bertz CT molecular complexity index is 832. The summed E-state index contributed by atoms with van der Waals surface area (Å²) in [7, 11) is 1.91. The van der Waals surface area contributed by atoms with Gasteiger partial charge in [0, 0.05) is 63.7 Å². The topological polar surface area (TPSA) is 58.4 Å². The largest absolute Gasteiger partial charge is 0.347 e. The smallest absolute Gasteiger partial charge is 0.270 e. The van der Waals surface area contributed by atoms with Gasteiger partial charge in [0.15, 0.2) is 0 Å². The number of aryl methyl sites for hydroxylation is 1. The molecule has 142 valence electrons. The molecule has 2 saturated heterocycles. The first-order valence-electron chi connectivity index (χ1n) is 9.64. The molecule has 2 amide bonds. The van der Waals surface area contributed by atoms with Crippen LogP contribution in [-0.4, -0.2) is 50.8 Å². The van der Waals surface area contributed by atoms with Gasteiger partial charge in [-0.3, -0.25) is 14.6 Å². The van der Waals surface area contributed by atoms with Crippen LogP contribution in [0, 0.1) is 5.41 Å². The zero-order chi connectivity index (χ0) is 18.9. The van der Waals surface area contributed by atoms with Crippen molar-refractivity contribution in [3.8, 4) is 0 Å². The van der Waals surface area contributed by atoms with Gasteiger partial charge in [-0.05, 0) is 49.1 Å². The van der Waals surface area contributed by atoms with Crippen LogP contribution >= 0.6 is 0 Å². The molecule has 0 radical (unpaired) electrons. The van der Waals surface area contributed by atoms with Crippen molar-refractivity contribution in [2.75, 3.05) is 19.6 Å². The normalized spacial score (nSPS) is 23.1. The van der Waals surface area contributed by atoms with Gasteiger partial charge in [-0.2, -0.15) is 0 Å². The summed E-state index contributed by atoms with van der Waals surface area (Å²) in [6.07, 6.45) is 8.94. The molecule has 6 heteroatoms. The maximum atomic E-state index is 13.0. The van der Waals surface area contributed by atoms with Crippen molar-refractivity contribution >= 4 is 11.8 Å². The van der Waals surface area contributed by atoms with E-state index in [0.29, 0.717) is 13.0 Å². The molecule has 2 aromatic rings. The number of rotatable bonds is 3. The molecule has 0 bridgehead atoms. The van der Waals surface area contributed by atoms with Crippen LogP contribution in [0.2, 0.25) is 0 Å². The lowest BCUT2D eigenvalue weighted by atomic mass is 9.73. The third kappa shape index (κ3) is 3.61. The van der Waals surface area contributed by atoms with Gasteiger partial charge < -0.3 is 14.4 Å². The average molecular weight is 366 g/mol. The van der Waals surface area contributed by atoms with Crippen LogP contribution in [0.3, 0.4) is 0 Å². The third-order valence-electron chi connectivity index (χ3n) is 5.98. The molecule has 2 aliphatic heterocycles. The summed E-state index contributed by atoms with van der Waals surface area (Å²) in [6.45, 7) is 2.88. The Morgan fingerprint density at radius 2 is 2.00 bits per heavy atom. The van der Waals surface area contributed by atoms with Crippen molar-refractivity contribution in [2.45, 2.75) is 32.2 Å². The van der Waals surface area contributed by atoms with Crippen molar-refractivity contribution < 1.29 is 9.59 Å². The van der Waals surface area contributed by atoms with E-state index >= 15 is 0 Å². The van der Waals surface area contributed by atoms with E-state index in [1.54, 1.807) is 12.4 Å². The number of piperidine rings is 2. The maximum absolute atomic E-state index is 13.0. The fourth-order valence-electron chi connectivity index (χ4n) is 4.51. The van der Waals surface area contributed by atoms with Gasteiger partial charge in [0.1, 0.15) is 5.69 Å². The van der Waals surface area contributed by atoms with Crippen molar-refractivity contribution in [2.24, 2.45) is 12.5 Å². The van der Waals surface area contributed by atoms with Crippen LogP contribution in [0.4, 0.5) is 0 Å². The van der Waals surface area contributed by atoms with Gasteiger partial charge >= 0.3 is 0 Å². The van der Waals surface area contributed by atoms with Crippen molar-refractivity contribution in [3.05, 3.63) is 54.1 Å². The van der Waals surface area contributed by atoms with E-state index in [4.69, 9.17) is 0 Å². The highest BCUT2D eigenvalue weighted by Gasteiger charge is 2.43. The summed E-state index contributed by atoms with van der Waals surface area (Å²) in [5, 5.41) is 0. The Balaban J connectivity index is 1.49. The number of likely N-dealkylation sites (tertiary alicyclic amines) is 2. The van der Waals surface area contributed by atoms with Crippen LogP contribution in [0.5, 0.6) is 0 Å². The Labute approximate surface area is 159 Å². The Kier molecular flexibility index (Phi) is 4.72. The first-order valence-corrected chi connectivity index (χ1v) is 9.64. The third-order valence-corrected chi connectivity index (χ3v) is 5.98. The van der Waals surface area contributed by atoms with E-state index in [2.05, 4.69) is 4.98 Å². The Hall–Kier alpha value is -2.63. The van der Waals surface area contributed by atoms with E-state index in [0.717, 1.165) is 50.2 Å². The van der Waals surface area contributed by atoms with E-state index in [-0.39, 0.29) is 17.2 Å². The maximum Gasteiger partial charge on any atom is 0.270 e. The molecule has 2 fully saturated rings. The van der Waals surface area contributed by atoms with Crippen LogP contribution < -0.4 is 0 Å². The molecule has 1 atom stereocenters. The van der Waals surface area contributed by atoms with E-state index in [9.17, 15) is 9.59 Å². The first-order chi connectivity index (χ1) is 13.1. The minimum absolute atomic E-state index is 0.0139. The lowest BCUT2D eigenvalue weighted by Gasteiger charge is -2.48. The minimum atomic E-state index is 0.0139. The highest BCUT2D eigenvalue weighted by atomic mass is 16.2. The molecule has 2 aliphatic rings. The molecular formula is C21H26N4O2. The molecule has 0 saturated carbocycles. The molecule has 0 N–H and O–H groups in total. The second kappa shape index (κ2) is 7.18. The molecule has 6 nitrogen and oxygen atoms in total. The quantitative estimate of drug-likeness (QED) is 0.838. The fraction of sp³-hybridized carbons (Fsp3) is 0.476. The minimum Gasteiger partial charge on any atom is -0.347 e. The SMILES string of the molecule is Cn1cccc1C(=O)N1CCC[C@]2(CCC(=O)N(Cc3ccncc3)C2)C1. The highest BCUT2D eigenvalue weighted by Crippen LogP contribution is 2.39. The molecule has 1 spiro atoms. The van der Waals surface area contributed by atoms with E-state index in [1.807, 2.05) is 51.9 Å². The molecule has 0 unspecified atom stereocenters. The Morgan fingerprint density at radius 3 is 2.74 bits per heavy atom. The van der Waals surface area contributed by atoms with Crippen LogP contribution in [-0.2, 0) is 18.4 Å². The molecule has 2 aromatic heterocycles. The fourth-order valence-corrected chi connectivity index (χ4v) is 4.51. The zero-order valence-corrected chi connectivity index (χ0v) is 15.8. The summed E-state index contributed by atoms with van der Waals surface area (Å²) < 4.78 is 1.88. The number of carbonyl (C=O) groups excluding carboxylic acids is 2. The lowest BCUT2D eigenvalue weighted by Crippen LogP contribution is -2.55. The second-order valence-electron chi connectivity index (χ2n) is 7.94. The summed E-state index contributed by atoms with van der Waals surface area (Å²) in [6, 6.07) is 7.70. The van der Waals surface area contributed by atoms with Crippen molar-refractivity contribution in [3.63, 3.8) is 0 Å². The number of carbonyl (C=O) groups is 2. The summed E-state index contributed by atoms with van der Waals surface area (Å²) >= 11 is 0. The molecule has 0 aliphatic carbocycles. The van der Waals surface area contributed by atoms with Gasteiger partial charge in [0.2, 0.25) is 5.91 Å². The van der Waals surface area contributed by atoms with Crippen molar-refractivity contribution in [1.82, 2.24) is 19.4 Å². The molecule has 4 heterocycles. The van der Waals surface area contributed by atoms with Gasteiger partial charge in [0.25, 0.3) is 5.91 Å². The second-order valence-corrected chi connectivity index (χ2v) is 7.94. The predicted molar refractivity (Wildman–Crippen MR) is 102 cm³/mol. The van der Waals surface area contributed by atoms with Crippen LogP contribution in [0.15, 0.2) is 42.9 Å². The number of hydrogen-bond donors (Lipinski definition) is 0. The van der Waals surface area contributed by atoms with E-state index < -0.39 is 0 Å². The lowest BCUT2D eigenvalue weighted by molar-refractivity contribution is -0.139. The molecule has 0 aromatic carbocycles. The molecule has 27 heavy (non-hydrogen) atoms. The summed E-state index contributed by atoms with van der Waals surface area (Å²) in [5.74, 6) is 0.308. The number of hydrogen-bond acceptors (Lipinski definition) is 3. The zero-order valence-electron chi connectivity index (χ0n) is 15.8. The summed E-state index contributed by atoms with van der Waals surface area (Å²) in [5.41, 5.74) is 1.84. The van der Waals surface area contributed by atoms with Gasteiger partial charge in [-0.1, -0.05) is 0 Å². The molecule has 4 rings (SSSR count). The average Bonchev–Trinajstić information content (AvgIpc) is 3.11. The number of nitrogens with zero attached hydrogens (tertiary/aromatic N) is 4. The first kappa shape index (κ1) is 17.8. The predicted octanol–water partition coefficient (Wildman–Crippen LogP) is 2.47. The summed E-state index contributed by atoms with van der Waals surface area (Å²) in [4.78, 5) is 33.5. The van der Waals surface area contributed by atoms with E-state index in [1.165, 1.54) is 0 Å². The van der Waals surface area contributed by atoms with Gasteiger partial charge in [-0.15, -0.1) is 0 Å². The van der Waals surface area contributed by atoms with Crippen molar-refractivity contribution in [1.29, 1.82) is 0 Å². The van der Waals surface area contributed by atoms with Gasteiger partial charge in [0.05, 0.1) is 0 Å². The van der Waals surface area contributed by atoms with Gasteiger partial charge in [-0.25, -0.2) is 0 Å². The number of pyridine rings is 1. The molecular weight excluding hydrogens is 340 g/mol. The number of amides is 2. The highest BCUT2D eigenvalue weighted by molar-refractivity contribution is 5.92.